The lowest BCUT2D eigenvalue weighted by Crippen LogP contribution is -2.42. The van der Waals surface area contributed by atoms with Crippen LogP contribution in [0.25, 0.3) is 11.3 Å². The van der Waals surface area contributed by atoms with Crippen LogP contribution in [-0.2, 0) is 4.79 Å². The van der Waals surface area contributed by atoms with E-state index in [4.69, 9.17) is 16.0 Å². The van der Waals surface area contributed by atoms with Gasteiger partial charge in [-0.1, -0.05) is 30.7 Å². The van der Waals surface area contributed by atoms with Gasteiger partial charge in [-0.3, -0.25) is 4.79 Å². The minimum atomic E-state index is -0.913. The molecule has 2 heterocycles. The summed E-state index contributed by atoms with van der Waals surface area (Å²) in [7, 11) is 0. The number of nitrogens with one attached hydrogen (secondary N) is 1. The van der Waals surface area contributed by atoms with Gasteiger partial charge >= 0.3 is 6.03 Å². The zero-order valence-electron chi connectivity index (χ0n) is 13.2. The van der Waals surface area contributed by atoms with Crippen molar-refractivity contribution < 1.29 is 14.0 Å². The van der Waals surface area contributed by atoms with E-state index in [2.05, 4.69) is 10.4 Å². The van der Waals surface area contributed by atoms with Crippen LogP contribution in [0.15, 0.2) is 45.9 Å². The van der Waals surface area contributed by atoms with Crippen molar-refractivity contribution in [2.45, 2.75) is 25.8 Å². The second-order valence-electron chi connectivity index (χ2n) is 5.69. The first-order valence-electron chi connectivity index (χ1n) is 7.49. The van der Waals surface area contributed by atoms with Crippen molar-refractivity contribution >= 4 is 29.8 Å². The maximum atomic E-state index is 12.2. The summed E-state index contributed by atoms with van der Waals surface area (Å²) >= 11 is 5.96. The summed E-state index contributed by atoms with van der Waals surface area (Å²) in [5, 5.41) is 8.02. The van der Waals surface area contributed by atoms with E-state index >= 15 is 0 Å². The van der Waals surface area contributed by atoms with Gasteiger partial charge < -0.3 is 9.73 Å². The maximum absolute atomic E-state index is 12.2. The Kier molecular flexibility index (Phi) is 4.15. The quantitative estimate of drug-likeness (QED) is 0.678. The first-order chi connectivity index (χ1) is 11.4. The molecule has 0 aliphatic carbocycles. The van der Waals surface area contributed by atoms with Gasteiger partial charge in [-0.15, -0.1) is 5.01 Å². The van der Waals surface area contributed by atoms with Crippen molar-refractivity contribution in [2.24, 2.45) is 5.10 Å². The number of benzene rings is 1. The third-order valence-electron chi connectivity index (χ3n) is 3.98. The Bertz CT molecular complexity index is 830. The highest BCUT2D eigenvalue weighted by Gasteiger charge is 2.46. The predicted molar refractivity (Wildman–Crippen MR) is 90.8 cm³/mol. The molecule has 1 aromatic heterocycles. The third-order valence-corrected chi connectivity index (χ3v) is 4.22. The Labute approximate surface area is 144 Å². The van der Waals surface area contributed by atoms with Crippen molar-refractivity contribution in [2.75, 3.05) is 0 Å². The van der Waals surface area contributed by atoms with E-state index in [-0.39, 0.29) is 5.91 Å². The molecule has 0 unspecified atom stereocenters. The molecule has 124 valence electrons. The first-order valence-corrected chi connectivity index (χ1v) is 7.87. The van der Waals surface area contributed by atoms with Crippen LogP contribution in [0.4, 0.5) is 4.79 Å². The highest BCUT2D eigenvalue weighted by Crippen LogP contribution is 2.25. The second-order valence-corrected chi connectivity index (χ2v) is 6.13. The standard InChI is InChI=1S/C17H16ClN3O3/c1-3-17(2)15(22)21(16(23)20-17)19-10-13-7-8-14(24-13)11-5-4-6-12(18)9-11/h4-10H,3H2,1-2H3,(H,20,23)/t17-/m0/s1. The van der Waals surface area contributed by atoms with Gasteiger partial charge in [-0.05, 0) is 37.6 Å². The minimum Gasteiger partial charge on any atom is -0.455 e. The zero-order valence-corrected chi connectivity index (χ0v) is 14.0. The van der Waals surface area contributed by atoms with Crippen molar-refractivity contribution in [3.8, 4) is 11.3 Å². The highest BCUT2D eigenvalue weighted by atomic mass is 35.5. The van der Waals surface area contributed by atoms with Crippen molar-refractivity contribution in [3.05, 3.63) is 47.2 Å². The molecule has 0 spiro atoms. The number of urea groups is 1. The largest absolute Gasteiger partial charge is 0.455 e. The van der Waals surface area contributed by atoms with E-state index in [0.717, 1.165) is 10.6 Å². The highest BCUT2D eigenvalue weighted by molar-refractivity contribution is 6.30. The molecule has 7 heteroatoms. The van der Waals surface area contributed by atoms with Crippen LogP contribution in [-0.4, -0.2) is 28.7 Å². The Hall–Kier alpha value is -2.60. The molecule has 1 aromatic carbocycles. The molecule has 24 heavy (non-hydrogen) atoms. The van der Waals surface area contributed by atoms with E-state index in [1.807, 2.05) is 19.1 Å². The number of amides is 3. The van der Waals surface area contributed by atoms with Gasteiger partial charge in [0.2, 0.25) is 0 Å². The van der Waals surface area contributed by atoms with E-state index in [1.54, 1.807) is 31.2 Å². The predicted octanol–water partition coefficient (Wildman–Crippen LogP) is 3.65. The molecule has 0 bridgehead atoms. The molecule has 1 aliphatic rings. The molecule has 1 fully saturated rings. The van der Waals surface area contributed by atoms with Gasteiger partial charge in [0.1, 0.15) is 17.1 Å². The molecule has 1 N–H and O–H groups in total. The Balaban J connectivity index is 1.79. The van der Waals surface area contributed by atoms with Gasteiger partial charge in [0.15, 0.2) is 0 Å². The lowest BCUT2D eigenvalue weighted by molar-refractivity contribution is -0.130. The lowest BCUT2D eigenvalue weighted by atomic mass is 10.00. The topological polar surface area (TPSA) is 74.9 Å². The number of furan rings is 1. The van der Waals surface area contributed by atoms with Crippen molar-refractivity contribution in [3.63, 3.8) is 0 Å². The van der Waals surface area contributed by atoms with E-state index in [0.29, 0.717) is 23.0 Å². The first kappa shape index (κ1) is 16.3. The van der Waals surface area contributed by atoms with Crippen LogP contribution in [0, 0.1) is 0 Å². The number of carbonyl (C=O) groups excluding carboxylic acids is 2. The minimum absolute atomic E-state index is 0.382. The second kappa shape index (κ2) is 6.13. The van der Waals surface area contributed by atoms with Gasteiger partial charge in [0, 0.05) is 10.6 Å². The molecular formula is C17H16ClN3O3. The summed E-state index contributed by atoms with van der Waals surface area (Å²) in [6, 6.07) is 10.2. The molecule has 1 atom stereocenters. The van der Waals surface area contributed by atoms with E-state index in [1.165, 1.54) is 6.21 Å². The lowest BCUT2D eigenvalue weighted by Gasteiger charge is -2.17. The normalized spacial score (nSPS) is 20.9. The Morgan fingerprint density at radius 3 is 2.79 bits per heavy atom. The molecule has 1 saturated heterocycles. The molecule has 0 saturated carbocycles. The molecule has 1 aliphatic heterocycles. The summed E-state index contributed by atoms with van der Waals surface area (Å²) in [6.07, 6.45) is 1.83. The van der Waals surface area contributed by atoms with E-state index < -0.39 is 11.6 Å². The zero-order chi connectivity index (χ0) is 17.3. The molecule has 3 rings (SSSR count). The Morgan fingerprint density at radius 2 is 2.12 bits per heavy atom. The number of hydrazone groups is 1. The fourth-order valence-corrected chi connectivity index (χ4v) is 2.54. The number of imide groups is 1. The molecule has 6 nitrogen and oxygen atoms in total. The summed E-state index contributed by atoms with van der Waals surface area (Å²) in [6.45, 7) is 3.50. The van der Waals surface area contributed by atoms with E-state index in [9.17, 15) is 9.59 Å². The van der Waals surface area contributed by atoms with Crippen LogP contribution >= 0.6 is 11.6 Å². The average molecular weight is 346 g/mol. The van der Waals surface area contributed by atoms with Crippen molar-refractivity contribution in [1.82, 2.24) is 10.3 Å². The third kappa shape index (κ3) is 2.92. The van der Waals surface area contributed by atoms with Gasteiger partial charge in [0.05, 0.1) is 6.21 Å². The molecule has 0 radical (unpaired) electrons. The summed E-state index contributed by atoms with van der Waals surface area (Å²) in [4.78, 5) is 24.1. The molecule has 2 aromatic rings. The fraction of sp³-hybridized carbons (Fsp3) is 0.235. The van der Waals surface area contributed by atoms with Crippen LogP contribution in [0.3, 0.4) is 0 Å². The SMILES string of the molecule is CC[C@]1(C)NC(=O)N(N=Cc2ccc(-c3cccc(Cl)c3)o2)C1=O. The Morgan fingerprint density at radius 1 is 1.33 bits per heavy atom. The summed E-state index contributed by atoms with van der Waals surface area (Å²) in [5.41, 5.74) is -0.0838. The number of hydrogen-bond acceptors (Lipinski definition) is 4. The number of halogens is 1. The van der Waals surface area contributed by atoms with Crippen LogP contribution in [0.2, 0.25) is 5.02 Å². The molecule has 3 amide bonds. The summed E-state index contributed by atoms with van der Waals surface area (Å²) < 4.78 is 5.66. The number of rotatable bonds is 4. The van der Waals surface area contributed by atoms with Crippen LogP contribution in [0.1, 0.15) is 26.0 Å². The van der Waals surface area contributed by atoms with Gasteiger partial charge in [0.25, 0.3) is 5.91 Å². The average Bonchev–Trinajstić information content (AvgIpc) is 3.11. The summed E-state index contributed by atoms with van der Waals surface area (Å²) in [5.74, 6) is 0.665. The monoisotopic (exact) mass is 345 g/mol. The smallest absolute Gasteiger partial charge is 0.346 e. The van der Waals surface area contributed by atoms with Crippen LogP contribution in [0.5, 0.6) is 0 Å². The van der Waals surface area contributed by atoms with Crippen LogP contribution < -0.4 is 5.32 Å². The van der Waals surface area contributed by atoms with Gasteiger partial charge in [-0.25, -0.2) is 4.79 Å². The number of hydrogen-bond donors (Lipinski definition) is 1. The maximum Gasteiger partial charge on any atom is 0.346 e. The van der Waals surface area contributed by atoms with Gasteiger partial charge in [-0.2, -0.15) is 5.10 Å². The number of nitrogens with zero attached hydrogens (tertiary/aromatic N) is 2. The fourth-order valence-electron chi connectivity index (χ4n) is 2.35. The number of carbonyl (C=O) groups is 2. The van der Waals surface area contributed by atoms with Crippen molar-refractivity contribution in [1.29, 1.82) is 0 Å². The molecular weight excluding hydrogens is 330 g/mol.